The van der Waals surface area contributed by atoms with Crippen LogP contribution in [0.25, 0.3) is 11.5 Å². The monoisotopic (exact) mass is 344 g/mol. The molecule has 2 aromatic heterocycles. The summed E-state index contributed by atoms with van der Waals surface area (Å²) < 4.78 is 7.51. The van der Waals surface area contributed by atoms with E-state index in [0.717, 1.165) is 25.2 Å². The number of thiophene rings is 1. The molecule has 0 aliphatic carbocycles. The predicted molar refractivity (Wildman–Crippen MR) is 93.0 cm³/mol. The summed E-state index contributed by atoms with van der Waals surface area (Å²) >= 11 is 7.23. The number of fused-ring (bicyclic) bond motifs is 1. The molecule has 1 unspecified atom stereocenters. The van der Waals surface area contributed by atoms with Crippen LogP contribution < -0.4 is 4.90 Å². The van der Waals surface area contributed by atoms with Crippen molar-refractivity contribution in [2.75, 3.05) is 6.54 Å². The minimum Gasteiger partial charge on any atom is -0.409 e. The topological polar surface area (TPSA) is 35.4 Å². The van der Waals surface area contributed by atoms with Gasteiger partial charge in [-0.3, -0.25) is 0 Å². The van der Waals surface area contributed by atoms with Crippen LogP contribution in [0.5, 0.6) is 0 Å². The van der Waals surface area contributed by atoms with Crippen LogP contribution in [0.4, 0.5) is 0 Å². The molecule has 0 radical (unpaired) electrons. The van der Waals surface area contributed by atoms with Gasteiger partial charge in [-0.2, -0.15) is 4.68 Å². The van der Waals surface area contributed by atoms with Gasteiger partial charge in [0.2, 0.25) is 5.89 Å². The lowest BCUT2D eigenvalue weighted by molar-refractivity contribution is -0.954. The lowest BCUT2D eigenvalue weighted by atomic mass is 10.0. The summed E-state index contributed by atoms with van der Waals surface area (Å²) in [5.41, 5.74) is 2.42. The molecule has 0 fully saturated rings. The van der Waals surface area contributed by atoms with Crippen molar-refractivity contribution in [3.8, 4) is 11.5 Å². The maximum Gasteiger partial charge on any atom is 0.292 e. The molecule has 0 amide bonds. The van der Waals surface area contributed by atoms with Gasteiger partial charge in [-0.15, -0.1) is 16.4 Å². The number of nitrogens with one attached hydrogen (secondary N) is 1. The highest BCUT2D eigenvalue weighted by Crippen LogP contribution is 2.24. The molecule has 0 saturated heterocycles. The van der Waals surface area contributed by atoms with E-state index < -0.39 is 0 Å². The van der Waals surface area contributed by atoms with Crippen LogP contribution in [-0.2, 0) is 13.1 Å². The molecule has 118 valence electrons. The van der Waals surface area contributed by atoms with E-state index in [2.05, 4.69) is 23.5 Å². The van der Waals surface area contributed by atoms with Gasteiger partial charge in [0, 0.05) is 22.4 Å². The maximum absolute atomic E-state index is 5.69. The fourth-order valence-corrected chi connectivity index (χ4v) is 4.33. The van der Waals surface area contributed by atoms with E-state index in [1.807, 2.05) is 46.4 Å². The van der Waals surface area contributed by atoms with Crippen molar-refractivity contribution in [2.24, 2.45) is 0 Å². The van der Waals surface area contributed by atoms with Crippen LogP contribution in [0.3, 0.4) is 0 Å². The molecule has 3 heterocycles. The van der Waals surface area contributed by atoms with E-state index in [1.54, 1.807) is 0 Å². The third-order valence-electron chi connectivity index (χ3n) is 4.51. The largest absolute Gasteiger partial charge is 0.409 e. The molecule has 0 saturated carbocycles. The average molecular weight is 344 g/mol. The molecular formula is C17H18N3OS2+. The van der Waals surface area contributed by atoms with Gasteiger partial charge in [0.05, 0.1) is 6.54 Å². The van der Waals surface area contributed by atoms with Gasteiger partial charge < -0.3 is 9.32 Å². The standard InChI is InChI=1S/C17H17N3OS2/c1-12-14-8-10-23-15(14)7-9-19(12)11-20-17(22)21-16(18-20)13-5-3-2-4-6-13/h2-6,8,10,12H,7,9,11H2,1H3/p+1/t12-/m1/s1. The minimum absolute atomic E-state index is 0.444. The summed E-state index contributed by atoms with van der Waals surface area (Å²) in [4.78, 5) is 3.44. The molecule has 0 bridgehead atoms. The van der Waals surface area contributed by atoms with Crippen molar-refractivity contribution >= 4 is 23.6 Å². The highest BCUT2D eigenvalue weighted by molar-refractivity contribution is 7.71. The van der Waals surface area contributed by atoms with Gasteiger partial charge in [-0.1, -0.05) is 18.2 Å². The Morgan fingerprint density at radius 1 is 1.35 bits per heavy atom. The number of hydrogen-bond acceptors (Lipinski definition) is 4. The Kier molecular flexibility index (Phi) is 3.88. The average Bonchev–Trinajstić information content (AvgIpc) is 3.19. The van der Waals surface area contributed by atoms with Crippen LogP contribution in [0, 0.1) is 4.84 Å². The second-order valence-corrected chi connectivity index (χ2v) is 7.23. The summed E-state index contributed by atoms with van der Waals surface area (Å²) in [6.07, 6.45) is 1.13. The summed E-state index contributed by atoms with van der Waals surface area (Å²) in [5, 5.41) is 6.77. The molecular weight excluding hydrogens is 326 g/mol. The van der Waals surface area contributed by atoms with Gasteiger partial charge in [0.15, 0.2) is 6.67 Å². The summed E-state index contributed by atoms with van der Waals surface area (Å²) in [5.74, 6) is 0.593. The zero-order chi connectivity index (χ0) is 15.8. The third-order valence-corrected chi connectivity index (χ3v) is 5.80. The predicted octanol–water partition coefficient (Wildman–Crippen LogP) is 3.09. The number of aromatic nitrogens is 2. The lowest BCUT2D eigenvalue weighted by Gasteiger charge is -2.29. The van der Waals surface area contributed by atoms with Crippen LogP contribution in [-0.4, -0.2) is 16.3 Å². The van der Waals surface area contributed by atoms with Crippen molar-refractivity contribution in [1.82, 2.24) is 9.78 Å². The lowest BCUT2D eigenvalue weighted by Crippen LogP contribution is -3.12. The first-order valence-corrected chi connectivity index (χ1v) is 9.05. The Balaban J connectivity index is 1.58. The van der Waals surface area contributed by atoms with Crippen molar-refractivity contribution in [3.05, 3.63) is 57.1 Å². The van der Waals surface area contributed by atoms with Gasteiger partial charge in [-0.05, 0) is 42.7 Å². The quantitative estimate of drug-likeness (QED) is 0.742. The maximum atomic E-state index is 5.69. The van der Waals surface area contributed by atoms with E-state index in [4.69, 9.17) is 16.6 Å². The van der Waals surface area contributed by atoms with Crippen molar-refractivity contribution in [3.63, 3.8) is 0 Å². The molecule has 4 rings (SSSR count). The van der Waals surface area contributed by atoms with E-state index in [9.17, 15) is 0 Å². The molecule has 4 nitrogen and oxygen atoms in total. The van der Waals surface area contributed by atoms with Crippen LogP contribution in [0.2, 0.25) is 0 Å². The summed E-state index contributed by atoms with van der Waals surface area (Å²) in [6.45, 7) is 4.12. The molecule has 3 aromatic rings. The first kappa shape index (κ1) is 14.8. The van der Waals surface area contributed by atoms with Crippen molar-refractivity contribution in [1.29, 1.82) is 0 Å². The Morgan fingerprint density at radius 3 is 3.00 bits per heavy atom. The number of nitrogens with zero attached hydrogens (tertiary/aromatic N) is 2. The van der Waals surface area contributed by atoms with E-state index >= 15 is 0 Å². The zero-order valence-corrected chi connectivity index (χ0v) is 14.5. The summed E-state index contributed by atoms with van der Waals surface area (Å²) in [7, 11) is 0. The third kappa shape index (κ3) is 2.78. The number of benzene rings is 1. The Bertz CT molecular complexity index is 865. The van der Waals surface area contributed by atoms with Gasteiger partial charge in [0.1, 0.15) is 6.04 Å². The molecule has 1 N–H and O–H groups in total. The SMILES string of the molecule is C[C@@H]1c2ccsc2CC[NH+]1Cn1nc(-c2ccccc2)oc1=S. The van der Waals surface area contributed by atoms with Gasteiger partial charge in [-0.25, -0.2) is 0 Å². The molecule has 6 heteroatoms. The Hall–Kier alpha value is -1.76. The zero-order valence-electron chi connectivity index (χ0n) is 12.9. The molecule has 2 atom stereocenters. The summed E-state index contributed by atoms with van der Waals surface area (Å²) in [6, 6.07) is 12.6. The molecule has 1 aromatic carbocycles. The second-order valence-electron chi connectivity index (χ2n) is 5.88. The number of hydrogen-bond donors (Lipinski definition) is 1. The minimum atomic E-state index is 0.444. The highest BCUT2D eigenvalue weighted by Gasteiger charge is 2.29. The number of quaternary nitrogens is 1. The van der Waals surface area contributed by atoms with Crippen LogP contribution in [0.15, 0.2) is 46.2 Å². The number of rotatable bonds is 3. The first-order chi connectivity index (χ1) is 11.2. The fourth-order valence-electron chi connectivity index (χ4n) is 3.16. The van der Waals surface area contributed by atoms with Crippen molar-refractivity contribution < 1.29 is 9.32 Å². The Morgan fingerprint density at radius 2 is 2.17 bits per heavy atom. The smallest absolute Gasteiger partial charge is 0.292 e. The van der Waals surface area contributed by atoms with Crippen LogP contribution >= 0.6 is 23.6 Å². The van der Waals surface area contributed by atoms with Gasteiger partial charge in [0.25, 0.3) is 4.84 Å². The van der Waals surface area contributed by atoms with Crippen molar-refractivity contribution in [2.45, 2.75) is 26.1 Å². The second kappa shape index (κ2) is 6.03. The van der Waals surface area contributed by atoms with E-state index in [0.29, 0.717) is 16.8 Å². The first-order valence-electron chi connectivity index (χ1n) is 7.76. The fraction of sp³-hybridized carbons (Fsp3) is 0.294. The molecule has 1 aliphatic rings. The molecule has 23 heavy (non-hydrogen) atoms. The molecule has 0 spiro atoms. The van der Waals surface area contributed by atoms with Crippen LogP contribution in [0.1, 0.15) is 23.4 Å². The van der Waals surface area contributed by atoms with Gasteiger partial charge >= 0.3 is 0 Å². The normalized spacial score (nSPS) is 20.4. The molecule has 1 aliphatic heterocycles. The van der Waals surface area contributed by atoms with E-state index in [-0.39, 0.29) is 0 Å². The highest BCUT2D eigenvalue weighted by atomic mass is 32.1. The van der Waals surface area contributed by atoms with E-state index in [1.165, 1.54) is 15.3 Å². The Labute approximate surface area is 144 Å².